The van der Waals surface area contributed by atoms with Gasteiger partial charge in [0.05, 0.1) is 23.1 Å². The van der Waals surface area contributed by atoms with E-state index in [-0.39, 0.29) is 11.4 Å². The van der Waals surface area contributed by atoms with E-state index < -0.39 is 0 Å². The van der Waals surface area contributed by atoms with E-state index in [1.165, 1.54) is 24.2 Å². The molecule has 0 aromatic carbocycles. The van der Waals surface area contributed by atoms with Crippen LogP contribution in [0.2, 0.25) is 0 Å². The van der Waals surface area contributed by atoms with Gasteiger partial charge in [0.15, 0.2) is 0 Å². The fourth-order valence-corrected chi connectivity index (χ4v) is 4.50. The van der Waals surface area contributed by atoms with Crippen LogP contribution in [0.4, 0.5) is 0 Å². The molecule has 1 saturated heterocycles. The van der Waals surface area contributed by atoms with Gasteiger partial charge >= 0.3 is 0 Å². The summed E-state index contributed by atoms with van der Waals surface area (Å²) in [5.41, 5.74) is 3.16. The van der Waals surface area contributed by atoms with Gasteiger partial charge in [-0.25, -0.2) is 4.98 Å². The Balaban J connectivity index is 1.54. The summed E-state index contributed by atoms with van der Waals surface area (Å²) in [6, 6.07) is 3.67. The number of piperidine rings is 1. The highest BCUT2D eigenvalue weighted by Gasteiger charge is 2.46. The molecule has 0 radical (unpaired) electrons. The maximum atomic E-state index is 12.8. The summed E-state index contributed by atoms with van der Waals surface area (Å²) in [7, 11) is 0. The van der Waals surface area contributed by atoms with E-state index in [4.69, 9.17) is 4.98 Å². The molecular weight excluding hydrogens is 326 g/mol. The molecule has 2 aromatic rings. The van der Waals surface area contributed by atoms with Crippen LogP contribution < -0.4 is 0 Å². The quantitative estimate of drug-likeness (QED) is 0.918. The van der Waals surface area contributed by atoms with Crippen molar-refractivity contribution in [3.8, 4) is 0 Å². The number of hydrogen-bond acceptors (Lipinski definition) is 4. The van der Waals surface area contributed by atoms with Gasteiger partial charge in [-0.05, 0) is 37.9 Å². The molecular formula is C20H27N5O. The van der Waals surface area contributed by atoms with Crippen LogP contribution in [-0.4, -0.2) is 56.8 Å². The third-order valence-electron chi connectivity index (χ3n) is 5.96. The first-order valence-electron chi connectivity index (χ1n) is 9.71. The zero-order chi connectivity index (χ0) is 18.0. The molecule has 2 aliphatic rings. The van der Waals surface area contributed by atoms with Crippen LogP contribution in [0.25, 0.3) is 0 Å². The Morgan fingerprint density at radius 1 is 1.31 bits per heavy atom. The van der Waals surface area contributed by atoms with Crippen molar-refractivity contribution < 1.29 is 4.79 Å². The molecule has 138 valence electrons. The lowest BCUT2D eigenvalue weighted by Crippen LogP contribution is -2.57. The van der Waals surface area contributed by atoms with E-state index in [0.29, 0.717) is 5.56 Å². The monoisotopic (exact) mass is 353 g/mol. The standard InChI is InChI=1S/C20H27N5O/c1-2-3-10-25-11-6-17-18(23-15-22-17)20(25)7-12-24(13-8-20)19(26)16-5-4-9-21-14-16/h4-5,9,14-15H,2-3,6-8,10-13H2,1H3,(H,22,23). The number of H-pyrrole nitrogens is 1. The molecule has 4 heterocycles. The molecule has 4 rings (SSSR count). The minimum Gasteiger partial charge on any atom is -0.348 e. The summed E-state index contributed by atoms with van der Waals surface area (Å²) in [5, 5.41) is 0. The number of hydrogen-bond donors (Lipinski definition) is 1. The van der Waals surface area contributed by atoms with Crippen LogP contribution in [0.3, 0.4) is 0 Å². The lowest BCUT2D eigenvalue weighted by atomic mass is 9.78. The average Bonchev–Trinajstić information content (AvgIpc) is 3.18. The molecule has 6 nitrogen and oxygen atoms in total. The van der Waals surface area contributed by atoms with Gasteiger partial charge in [-0.2, -0.15) is 0 Å². The SMILES string of the molecule is CCCCN1CCc2[nH]cnc2C12CCN(C(=O)c1cccnc1)CC2. The number of aromatic amines is 1. The molecule has 2 aliphatic heterocycles. The third kappa shape index (κ3) is 2.92. The van der Waals surface area contributed by atoms with Crippen LogP contribution in [0, 0.1) is 0 Å². The van der Waals surface area contributed by atoms with E-state index in [1.54, 1.807) is 12.4 Å². The Morgan fingerprint density at radius 3 is 2.88 bits per heavy atom. The highest BCUT2D eigenvalue weighted by atomic mass is 16.2. The molecule has 0 bridgehead atoms. The van der Waals surface area contributed by atoms with E-state index >= 15 is 0 Å². The Bertz CT molecular complexity index is 749. The van der Waals surface area contributed by atoms with Gasteiger partial charge in [-0.15, -0.1) is 0 Å². The highest BCUT2D eigenvalue weighted by Crippen LogP contribution is 2.42. The summed E-state index contributed by atoms with van der Waals surface area (Å²) in [6.45, 7) is 5.96. The summed E-state index contributed by atoms with van der Waals surface area (Å²) in [6.07, 6.45) is 10.5. The molecule has 1 N–H and O–H groups in total. The predicted octanol–water partition coefficient (Wildman–Crippen LogP) is 2.59. The molecule has 6 heteroatoms. The molecule has 0 unspecified atom stereocenters. The molecule has 1 fully saturated rings. The largest absolute Gasteiger partial charge is 0.348 e. The maximum Gasteiger partial charge on any atom is 0.255 e. The van der Waals surface area contributed by atoms with Crippen LogP contribution in [0.1, 0.15) is 54.4 Å². The Labute approximate surface area is 154 Å². The second-order valence-corrected chi connectivity index (χ2v) is 7.39. The lowest BCUT2D eigenvalue weighted by molar-refractivity contribution is 0.00630. The van der Waals surface area contributed by atoms with Crippen LogP contribution in [-0.2, 0) is 12.0 Å². The molecule has 2 aromatic heterocycles. The number of aromatic nitrogens is 3. The lowest BCUT2D eigenvalue weighted by Gasteiger charge is -2.50. The number of fused-ring (bicyclic) bond motifs is 2. The number of imidazole rings is 1. The van der Waals surface area contributed by atoms with Crippen molar-refractivity contribution in [3.63, 3.8) is 0 Å². The van der Waals surface area contributed by atoms with Crippen LogP contribution in [0.15, 0.2) is 30.9 Å². The highest BCUT2D eigenvalue weighted by molar-refractivity contribution is 5.93. The number of carbonyl (C=O) groups is 1. The second-order valence-electron chi connectivity index (χ2n) is 7.39. The summed E-state index contributed by atoms with van der Waals surface area (Å²) in [5.74, 6) is 0.0890. The van der Waals surface area contributed by atoms with Gasteiger partial charge in [-0.3, -0.25) is 14.7 Å². The van der Waals surface area contributed by atoms with E-state index in [0.717, 1.165) is 45.4 Å². The summed E-state index contributed by atoms with van der Waals surface area (Å²) in [4.78, 5) is 29.5. The fraction of sp³-hybridized carbons (Fsp3) is 0.550. The van der Waals surface area contributed by atoms with Gasteiger partial charge in [-0.1, -0.05) is 13.3 Å². The van der Waals surface area contributed by atoms with Gasteiger partial charge in [0.1, 0.15) is 0 Å². The molecule has 1 amide bonds. The van der Waals surface area contributed by atoms with Crippen molar-refractivity contribution in [2.75, 3.05) is 26.2 Å². The van der Waals surface area contributed by atoms with Gasteiger partial charge in [0, 0.05) is 44.1 Å². The minimum absolute atomic E-state index is 0.0194. The smallest absolute Gasteiger partial charge is 0.255 e. The van der Waals surface area contributed by atoms with Crippen molar-refractivity contribution in [2.45, 2.75) is 44.6 Å². The topological polar surface area (TPSA) is 65.1 Å². The molecule has 26 heavy (non-hydrogen) atoms. The van der Waals surface area contributed by atoms with E-state index in [9.17, 15) is 4.79 Å². The zero-order valence-electron chi connectivity index (χ0n) is 15.4. The number of nitrogens with zero attached hydrogens (tertiary/aromatic N) is 4. The van der Waals surface area contributed by atoms with Gasteiger partial charge in [0.25, 0.3) is 5.91 Å². The van der Waals surface area contributed by atoms with Gasteiger partial charge in [0.2, 0.25) is 0 Å². The normalized spacial score (nSPS) is 19.5. The zero-order valence-corrected chi connectivity index (χ0v) is 15.4. The molecule has 0 aliphatic carbocycles. The number of rotatable bonds is 4. The van der Waals surface area contributed by atoms with Crippen molar-refractivity contribution in [1.82, 2.24) is 24.8 Å². The van der Waals surface area contributed by atoms with Crippen molar-refractivity contribution in [1.29, 1.82) is 0 Å². The van der Waals surface area contributed by atoms with E-state index in [2.05, 4.69) is 21.8 Å². The van der Waals surface area contributed by atoms with Crippen LogP contribution in [0.5, 0.6) is 0 Å². The second kappa shape index (κ2) is 7.19. The first-order valence-corrected chi connectivity index (χ1v) is 9.71. The molecule has 0 atom stereocenters. The van der Waals surface area contributed by atoms with E-state index in [1.807, 2.05) is 23.4 Å². The Morgan fingerprint density at radius 2 is 2.15 bits per heavy atom. The van der Waals surface area contributed by atoms with Crippen LogP contribution >= 0.6 is 0 Å². The molecule has 1 spiro atoms. The number of nitrogens with one attached hydrogen (secondary N) is 1. The van der Waals surface area contributed by atoms with Crippen molar-refractivity contribution in [2.24, 2.45) is 0 Å². The first kappa shape index (κ1) is 17.2. The number of unbranched alkanes of at least 4 members (excludes halogenated alkanes) is 1. The number of amides is 1. The average molecular weight is 353 g/mol. The number of pyridine rings is 1. The van der Waals surface area contributed by atoms with Crippen molar-refractivity contribution >= 4 is 5.91 Å². The third-order valence-corrected chi connectivity index (χ3v) is 5.96. The van der Waals surface area contributed by atoms with Crippen molar-refractivity contribution in [3.05, 3.63) is 47.8 Å². The first-order chi connectivity index (χ1) is 12.7. The summed E-state index contributed by atoms with van der Waals surface area (Å²) < 4.78 is 0. The Hall–Kier alpha value is -2.21. The fourth-order valence-electron chi connectivity index (χ4n) is 4.50. The molecule has 0 saturated carbocycles. The van der Waals surface area contributed by atoms with Gasteiger partial charge < -0.3 is 9.88 Å². The number of carbonyl (C=O) groups excluding carboxylic acids is 1. The maximum absolute atomic E-state index is 12.8. The Kier molecular flexibility index (Phi) is 4.76. The number of likely N-dealkylation sites (tertiary alicyclic amines) is 1. The minimum atomic E-state index is -0.0194. The predicted molar refractivity (Wildman–Crippen MR) is 99.8 cm³/mol. The summed E-state index contributed by atoms with van der Waals surface area (Å²) >= 11 is 0.